The Morgan fingerprint density at radius 3 is 2.06 bits per heavy atom. The van der Waals surface area contributed by atoms with Crippen molar-refractivity contribution in [3.05, 3.63) is 82.4 Å². The number of benzene rings is 3. The molecule has 3 aromatic rings. The number of rotatable bonds is 9. The van der Waals surface area contributed by atoms with Crippen molar-refractivity contribution < 1.29 is 19.7 Å². The molecule has 1 unspecified atom stereocenters. The van der Waals surface area contributed by atoms with Crippen molar-refractivity contribution in [1.82, 2.24) is 5.32 Å². The van der Waals surface area contributed by atoms with Crippen molar-refractivity contribution in [2.45, 2.75) is 46.2 Å². The van der Waals surface area contributed by atoms with Gasteiger partial charge in [-0.3, -0.25) is 0 Å². The van der Waals surface area contributed by atoms with Gasteiger partial charge in [0.15, 0.2) is 0 Å². The van der Waals surface area contributed by atoms with Gasteiger partial charge in [-0.2, -0.15) is 0 Å². The molecular formula is C29H33N3O4. The fraction of sp³-hybridized carbons (Fsp3) is 0.310. The van der Waals surface area contributed by atoms with E-state index in [0.717, 1.165) is 29.5 Å². The average Bonchev–Trinajstić information content (AvgIpc) is 2.86. The summed E-state index contributed by atoms with van der Waals surface area (Å²) in [6.07, 6.45) is 3.30. The number of ether oxygens (including phenoxy) is 2. The van der Waals surface area contributed by atoms with Gasteiger partial charge in [-0.1, -0.05) is 37.6 Å². The Balaban J connectivity index is 1.86. The van der Waals surface area contributed by atoms with Crippen LogP contribution in [-0.2, 0) is 5.66 Å². The molecule has 0 bridgehead atoms. The van der Waals surface area contributed by atoms with Crippen LogP contribution in [0.15, 0.2) is 64.6 Å². The average molecular weight is 488 g/mol. The summed E-state index contributed by atoms with van der Waals surface area (Å²) in [6, 6.07) is 16.4. The van der Waals surface area contributed by atoms with Crippen LogP contribution >= 0.6 is 0 Å². The van der Waals surface area contributed by atoms with Gasteiger partial charge >= 0.3 is 0 Å². The molecule has 0 fully saturated rings. The van der Waals surface area contributed by atoms with Crippen molar-refractivity contribution >= 4 is 12.2 Å². The summed E-state index contributed by atoms with van der Waals surface area (Å²) in [5, 5.41) is 25.0. The minimum atomic E-state index is -1.27. The Bertz CT molecular complexity index is 1300. The van der Waals surface area contributed by atoms with Gasteiger partial charge in [0, 0.05) is 23.3 Å². The van der Waals surface area contributed by atoms with Crippen LogP contribution in [0.5, 0.6) is 23.0 Å². The summed E-state index contributed by atoms with van der Waals surface area (Å²) in [7, 11) is 0. The Morgan fingerprint density at radius 2 is 1.44 bits per heavy atom. The number of phenols is 2. The van der Waals surface area contributed by atoms with Gasteiger partial charge in [0.05, 0.1) is 25.1 Å². The van der Waals surface area contributed by atoms with Crippen LogP contribution in [0, 0.1) is 13.8 Å². The molecule has 0 saturated heterocycles. The van der Waals surface area contributed by atoms with Gasteiger partial charge in [-0.05, 0) is 56.5 Å². The van der Waals surface area contributed by atoms with E-state index in [0.29, 0.717) is 41.7 Å². The maximum Gasteiger partial charge on any atom is 0.209 e. The van der Waals surface area contributed by atoms with Gasteiger partial charge in [0.2, 0.25) is 5.66 Å². The molecule has 0 aliphatic carbocycles. The molecule has 188 valence electrons. The highest BCUT2D eigenvalue weighted by molar-refractivity contribution is 6.07. The zero-order chi connectivity index (χ0) is 25.7. The molecule has 7 nitrogen and oxygen atoms in total. The summed E-state index contributed by atoms with van der Waals surface area (Å²) in [5.74, 6) is 1.65. The minimum absolute atomic E-state index is 0.0262. The quantitative estimate of drug-likeness (QED) is 0.367. The van der Waals surface area contributed by atoms with Gasteiger partial charge in [0.1, 0.15) is 28.8 Å². The molecule has 0 aromatic heterocycles. The lowest BCUT2D eigenvalue weighted by Crippen LogP contribution is -2.37. The van der Waals surface area contributed by atoms with E-state index >= 15 is 0 Å². The van der Waals surface area contributed by atoms with Crippen molar-refractivity contribution in [2.24, 2.45) is 9.98 Å². The van der Waals surface area contributed by atoms with Crippen molar-refractivity contribution in [1.29, 1.82) is 0 Å². The standard InChI is InChI=1S/C29H33N3O4/c1-5-13-35-21-8-10-23(26(33)16-21)28-30-18-31-29(32-28,24-11-7-19(3)15-20(24)4)25-12-9-22(17-27(25)34)36-14-6-2/h7-12,15-18,33-34H,5-6,13-14H2,1-4H3,(H,30,31,32). The molecule has 1 aliphatic rings. The topological polar surface area (TPSA) is 95.7 Å². The first-order valence-corrected chi connectivity index (χ1v) is 12.3. The lowest BCUT2D eigenvalue weighted by molar-refractivity contribution is 0.314. The van der Waals surface area contributed by atoms with E-state index in [4.69, 9.17) is 19.5 Å². The molecule has 1 atom stereocenters. The molecule has 36 heavy (non-hydrogen) atoms. The summed E-state index contributed by atoms with van der Waals surface area (Å²) in [5.41, 5.74) is 2.66. The van der Waals surface area contributed by atoms with Gasteiger partial charge in [0.25, 0.3) is 0 Å². The van der Waals surface area contributed by atoms with Crippen LogP contribution < -0.4 is 14.8 Å². The number of nitrogens with one attached hydrogen (secondary N) is 1. The van der Waals surface area contributed by atoms with E-state index in [-0.39, 0.29) is 11.5 Å². The molecule has 0 spiro atoms. The Labute approximate surface area is 212 Å². The summed E-state index contributed by atoms with van der Waals surface area (Å²) >= 11 is 0. The summed E-state index contributed by atoms with van der Waals surface area (Å²) in [4.78, 5) is 9.80. The Hall–Kier alpha value is -4.00. The molecule has 1 heterocycles. The number of nitrogens with zero attached hydrogens (tertiary/aromatic N) is 2. The molecule has 0 amide bonds. The lowest BCUT2D eigenvalue weighted by atomic mass is 9.87. The normalized spacial score (nSPS) is 16.8. The van der Waals surface area contributed by atoms with E-state index in [1.807, 2.05) is 45.9 Å². The lowest BCUT2D eigenvalue weighted by Gasteiger charge is -2.32. The highest BCUT2D eigenvalue weighted by Crippen LogP contribution is 2.44. The van der Waals surface area contributed by atoms with Crippen molar-refractivity contribution in [3.63, 3.8) is 0 Å². The largest absolute Gasteiger partial charge is 0.507 e. The van der Waals surface area contributed by atoms with Gasteiger partial charge in [-0.15, -0.1) is 0 Å². The summed E-state index contributed by atoms with van der Waals surface area (Å²) in [6.45, 7) is 9.21. The number of aromatic hydroxyl groups is 2. The third-order valence-electron chi connectivity index (χ3n) is 6.00. The maximum absolute atomic E-state index is 11.1. The second kappa shape index (κ2) is 10.7. The first-order valence-electron chi connectivity index (χ1n) is 12.3. The number of phenolic OH excluding ortho intramolecular Hbond substituents is 2. The van der Waals surface area contributed by atoms with Gasteiger partial charge < -0.3 is 25.0 Å². The van der Waals surface area contributed by atoms with E-state index < -0.39 is 5.66 Å². The van der Waals surface area contributed by atoms with Crippen LogP contribution in [0.3, 0.4) is 0 Å². The fourth-order valence-corrected chi connectivity index (χ4v) is 4.29. The third-order valence-corrected chi connectivity index (χ3v) is 6.00. The van der Waals surface area contributed by atoms with Crippen LogP contribution in [-0.4, -0.2) is 35.6 Å². The number of hydrogen-bond acceptors (Lipinski definition) is 7. The second-order valence-electron chi connectivity index (χ2n) is 8.91. The van der Waals surface area contributed by atoms with Crippen LogP contribution in [0.1, 0.15) is 54.5 Å². The van der Waals surface area contributed by atoms with Crippen LogP contribution in [0.2, 0.25) is 0 Å². The molecular weight excluding hydrogens is 454 g/mol. The van der Waals surface area contributed by atoms with E-state index in [1.54, 1.807) is 36.7 Å². The van der Waals surface area contributed by atoms with Crippen molar-refractivity contribution in [3.8, 4) is 23.0 Å². The predicted molar refractivity (Wildman–Crippen MR) is 143 cm³/mol. The zero-order valence-corrected chi connectivity index (χ0v) is 21.2. The third kappa shape index (κ3) is 5.00. The SMILES string of the molecule is CCCOc1ccc(C2=NC(c3ccc(C)cc3C)(c3ccc(OCCC)cc3O)N=CN2)c(O)c1. The second-order valence-corrected chi connectivity index (χ2v) is 8.91. The highest BCUT2D eigenvalue weighted by atomic mass is 16.5. The first-order chi connectivity index (χ1) is 17.4. The molecule has 3 N–H and O–H groups in total. The maximum atomic E-state index is 11.1. The molecule has 1 aliphatic heterocycles. The number of amidine groups is 1. The fourth-order valence-electron chi connectivity index (χ4n) is 4.29. The Morgan fingerprint density at radius 1 is 0.806 bits per heavy atom. The van der Waals surface area contributed by atoms with Crippen LogP contribution in [0.25, 0.3) is 0 Å². The van der Waals surface area contributed by atoms with E-state index in [1.165, 1.54) is 0 Å². The van der Waals surface area contributed by atoms with Crippen LogP contribution in [0.4, 0.5) is 0 Å². The van der Waals surface area contributed by atoms with Crippen molar-refractivity contribution in [2.75, 3.05) is 13.2 Å². The smallest absolute Gasteiger partial charge is 0.209 e. The zero-order valence-electron chi connectivity index (χ0n) is 21.2. The minimum Gasteiger partial charge on any atom is -0.507 e. The number of aliphatic imine (C=N–C) groups is 2. The molecule has 0 saturated carbocycles. The summed E-state index contributed by atoms with van der Waals surface area (Å²) < 4.78 is 11.4. The first kappa shape index (κ1) is 25.1. The monoisotopic (exact) mass is 487 g/mol. The van der Waals surface area contributed by atoms with E-state index in [2.05, 4.69) is 11.4 Å². The van der Waals surface area contributed by atoms with E-state index in [9.17, 15) is 10.2 Å². The Kier molecular flexibility index (Phi) is 7.48. The molecule has 0 radical (unpaired) electrons. The molecule has 3 aromatic carbocycles. The molecule has 4 rings (SSSR count). The molecule has 7 heteroatoms. The van der Waals surface area contributed by atoms with Gasteiger partial charge in [-0.25, -0.2) is 9.98 Å². The number of hydrogen-bond donors (Lipinski definition) is 3. The number of aryl methyl sites for hydroxylation is 2. The predicted octanol–water partition coefficient (Wildman–Crippen LogP) is 5.57. The highest BCUT2D eigenvalue weighted by Gasteiger charge is 2.39.